The molecule has 2 aromatic carbocycles. The van der Waals surface area contributed by atoms with E-state index in [2.05, 4.69) is 5.32 Å². The van der Waals surface area contributed by atoms with E-state index >= 15 is 0 Å². The van der Waals surface area contributed by atoms with E-state index in [9.17, 15) is 14.4 Å². The molecule has 2 atom stereocenters. The second-order valence-electron chi connectivity index (χ2n) is 9.34. The number of aryl methyl sites for hydroxylation is 1. The van der Waals surface area contributed by atoms with Gasteiger partial charge in [0.1, 0.15) is 18.2 Å². The lowest BCUT2D eigenvalue weighted by Crippen LogP contribution is -2.54. The minimum Gasteiger partial charge on any atom is -0.465 e. The smallest absolute Gasteiger partial charge is 0.326 e. The SMILES string of the molecule is CCOC(=O)[C@@H](CCc1ccccc1)N[C@H]1CSc2ccccc2N(CC(=O)OC(C)(C)C)C1=O. The molecule has 35 heavy (non-hydrogen) atoms. The third-order valence-electron chi connectivity index (χ3n) is 5.37. The Morgan fingerprint density at radius 2 is 1.80 bits per heavy atom. The van der Waals surface area contributed by atoms with Gasteiger partial charge in [0.15, 0.2) is 0 Å². The fraction of sp³-hybridized carbons (Fsp3) is 0.444. The van der Waals surface area contributed by atoms with Gasteiger partial charge in [0.25, 0.3) is 0 Å². The number of carbonyl (C=O) groups is 3. The number of thioether (sulfide) groups is 1. The fourth-order valence-corrected chi connectivity index (χ4v) is 4.94. The number of amides is 1. The number of fused-ring (bicyclic) bond motifs is 1. The van der Waals surface area contributed by atoms with Gasteiger partial charge in [0.05, 0.1) is 18.3 Å². The van der Waals surface area contributed by atoms with Crippen molar-refractivity contribution < 1.29 is 23.9 Å². The van der Waals surface area contributed by atoms with Gasteiger partial charge in [0.2, 0.25) is 5.91 Å². The molecule has 0 saturated carbocycles. The van der Waals surface area contributed by atoms with E-state index < -0.39 is 23.7 Å². The third-order valence-corrected chi connectivity index (χ3v) is 6.53. The van der Waals surface area contributed by atoms with Crippen LogP contribution in [-0.2, 0) is 30.3 Å². The van der Waals surface area contributed by atoms with Crippen LogP contribution in [0.1, 0.15) is 39.7 Å². The van der Waals surface area contributed by atoms with E-state index in [0.717, 1.165) is 10.5 Å². The Morgan fingerprint density at radius 3 is 2.49 bits per heavy atom. The number of nitrogens with one attached hydrogen (secondary N) is 1. The Hall–Kier alpha value is -2.84. The van der Waals surface area contributed by atoms with E-state index in [0.29, 0.717) is 24.3 Å². The minimum atomic E-state index is -0.681. The Kier molecular flexibility index (Phi) is 9.34. The fourth-order valence-electron chi connectivity index (χ4n) is 3.85. The van der Waals surface area contributed by atoms with Crippen molar-refractivity contribution in [1.29, 1.82) is 0 Å². The third kappa shape index (κ3) is 7.83. The number of nitrogens with zero attached hydrogens (tertiary/aromatic N) is 1. The van der Waals surface area contributed by atoms with Gasteiger partial charge in [-0.05, 0) is 58.2 Å². The summed E-state index contributed by atoms with van der Waals surface area (Å²) in [4.78, 5) is 41.5. The molecule has 188 valence electrons. The predicted octanol–water partition coefficient (Wildman–Crippen LogP) is 3.99. The first kappa shape index (κ1) is 26.8. The second kappa shape index (κ2) is 12.2. The Labute approximate surface area is 211 Å². The standard InChI is InChI=1S/C27H34N2O5S/c1-5-33-26(32)20(16-15-19-11-7-6-8-12-19)28-21-18-35-23-14-10-9-13-22(23)29(25(21)31)17-24(30)34-27(2,3)4/h6-14,20-21,28H,5,15-18H2,1-4H3/t20-,21+/m1/s1. The van der Waals surface area contributed by atoms with Crippen molar-refractivity contribution in [2.45, 2.75) is 63.1 Å². The van der Waals surface area contributed by atoms with Gasteiger partial charge >= 0.3 is 11.9 Å². The summed E-state index contributed by atoms with van der Waals surface area (Å²) in [5, 5.41) is 3.25. The first-order valence-electron chi connectivity index (χ1n) is 11.9. The summed E-state index contributed by atoms with van der Waals surface area (Å²) in [6.45, 7) is 7.18. The van der Waals surface area contributed by atoms with Gasteiger partial charge in [-0.3, -0.25) is 24.6 Å². The van der Waals surface area contributed by atoms with Gasteiger partial charge in [0, 0.05) is 10.6 Å². The predicted molar refractivity (Wildman–Crippen MR) is 137 cm³/mol. The molecule has 0 unspecified atom stereocenters. The maximum atomic E-state index is 13.7. The number of ether oxygens (including phenoxy) is 2. The molecule has 1 aliphatic rings. The van der Waals surface area contributed by atoms with Crippen molar-refractivity contribution in [3.05, 3.63) is 60.2 Å². The lowest BCUT2D eigenvalue weighted by Gasteiger charge is -2.28. The molecule has 2 aromatic rings. The number of carbonyl (C=O) groups excluding carboxylic acids is 3. The van der Waals surface area contributed by atoms with Crippen molar-refractivity contribution in [3.63, 3.8) is 0 Å². The zero-order valence-electron chi connectivity index (χ0n) is 20.8. The minimum absolute atomic E-state index is 0.208. The summed E-state index contributed by atoms with van der Waals surface area (Å²) in [5.74, 6) is -0.733. The van der Waals surface area contributed by atoms with Crippen LogP contribution < -0.4 is 10.2 Å². The molecule has 8 heteroatoms. The monoisotopic (exact) mass is 498 g/mol. The molecule has 0 radical (unpaired) electrons. The summed E-state index contributed by atoms with van der Waals surface area (Å²) in [7, 11) is 0. The van der Waals surface area contributed by atoms with Crippen molar-refractivity contribution >= 4 is 35.3 Å². The number of esters is 2. The van der Waals surface area contributed by atoms with Crippen LogP contribution in [0.2, 0.25) is 0 Å². The van der Waals surface area contributed by atoms with Crippen LogP contribution in [0.4, 0.5) is 5.69 Å². The lowest BCUT2D eigenvalue weighted by atomic mass is 10.0. The summed E-state index contributed by atoms with van der Waals surface area (Å²) in [6.07, 6.45) is 1.14. The molecule has 0 aliphatic carbocycles. The van der Waals surface area contributed by atoms with Crippen molar-refractivity contribution in [2.75, 3.05) is 23.8 Å². The van der Waals surface area contributed by atoms with Gasteiger partial charge in [-0.2, -0.15) is 0 Å². The number of hydrogen-bond donors (Lipinski definition) is 1. The van der Waals surface area contributed by atoms with E-state index in [1.807, 2.05) is 54.6 Å². The highest BCUT2D eigenvalue weighted by Crippen LogP contribution is 2.34. The van der Waals surface area contributed by atoms with Crippen LogP contribution in [-0.4, -0.2) is 54.4 Å². The van der Waals surface area contributed by atoms with Crippen molar-refractivity contribution in [2.24, 2.45) is 0 Å². The van der Waals surface area contributed by atoms with Crippen LogP contribution in [0, 0.1) is 0 Å². The van der Waals surface area contributed by atoms with Gasteiger partial charge in [-0.15, -0.1) is 11.8 Å². The van der Waals surface area contributed by atoms with Crippen LogP contribution in [0.5, 0.6) is 0 Å². The second-order valence-corrected chi connectivity index (χ2v) is 10.4. The molecule has 7 nitrogen and oxygen atoms in total. The van der Waals surface area contributed by atoms with Crippen molar-refractivity contribution in [3.8, 4) is 0 Å². The number of rotatable bonds is 9. The van der Waals surface area contributed by atoms with Crippen LogP contribution in [0.3, 0.4) is 0 Å². The Bertz CT molecular complexity index is 1020. The van der Waals surface area contributed by atoms with Crippen molar-refractivity contribution in [1.82, 2.24) is 5.32 Å². The zero-order valence-corrected chi connectivity index (χ0v) is 21.6. The van der Waals surface area contributed by atoms with E-state index in [1.165, 1.54) is 16.7 Å². The molecule has 0 spiro atoms. The lowest BCUT2D eigenvalue weighted by molar-refractivity contribution is -0.154. The summed E-state index contributed by atoms with van der Waals surface area (Å²) in [6, 6.07) is 16.0. The molecular weight excluding hydrogens is 464 g/mol. The van der Waals surface area contributed by atoms with Gasteiger partial charge in [-0.25, -0.2) is 0 Å². The highest BCUT2D eigenvalue weighted by atomic mass is 32.2. The maximum Gasteiger partial charge on any atom is 0.326 e. The number of para-hydroxylation sites is 1. The highest BCUT2D eigenvalue weighted by Gasteiger charge is 2.35. The average Bonchev–Trinajstić information content (AvgIpc) is 2.93. The van der Waals surface area contributed by atoms with Crippen LogP contribution >= 0.6 is 11.8 Å². The van der Waals surface area contributed by atoms with E-state index in [4.69, 9.17) is 9.47 Å². The zero-order chi connectivity index (χ0) is 25.4. The highest BCUT2D eigenvalue weighted by molar-refractivity contribution is 7.99. The molecule has 1 N–H and O–H groups in total. The van der Waals surface area contributed by atoms with Crippen LogP contribution in [0.15, 0.2) is 59.5 Å². The van der Waals surface area contributed by atoms with E-state index in [-0.39, 0.29) is 25.0 Å². The van der Waals surface area contributed by atoms with E-state index in [1.54, 1.807) is 27.7 Å². The normalized spacial score (nSPS) is 16.7. The Morgan fingerprint density at radius 1 is 1.11 bits per heavy atom. The molecule has 0 aromatic heterocycles. The molecule has 1 aliphatic heterocycles. The number of benzene rings is 2. The maximum absolute atomic E-state index is 13.7. The largest absolute Gasteiger partial charge is 0.465 e. The number of anilines is 1. The first-order valence-corrected chi connectivity index (χ1v) is 12.9. The molecule has 0 saturated heterocycles. The van der Waals surface area contributed by atoms with Gasteiger partial charge < -0.3 is 9.47 Å². The molecular formula is C27H34N2O5S. The Balaban J connectivity index is 1.81. The molecule has 0 fully saturated rings. The average molecular weight is 499 g/mol. The van der Waals surface area contributed by atoms with Crippen LogP contribution in [0.25, 0.3) is 0 Å². The first-order chi connectivity index (χ1) is 16.7. The number of hydrogen-bond acceptors (Lipinski definition) is 7. The van der Waals surface area contributed by atoms with Gasteiger partial charge in [-0.1, -0.05) is 42.5 Å². The molecule has 1 amide bonds. The quantitative estimate of drug-likeness (QED) is 0.523. The topological polar surface area (TPSA) is 84.9 Å². The molecule has 3 rings (SSSR count). The summed E-state index contributed by atoms with van der Waals surface area (Å²) in [5.41, 5.74) is 1.10. The summed E-state index contributed by atoms with van der Waals surface area (Å²) < 4.78 is 10.8. The molecule has 1 heterocycles. The molecule has 0 bridgehead atoms. The summed E-state index contributed by atoms with van der Waals surface area (Å²) >= 11 is 1.52.